The fraction of sp³-hybridized carbons (Fsp3) is 0.238. The van der Waals surface area contributed by atoms with Crippen LogP contribution in [0.1, 0.15) is 34.9 Å². The van der Waals surface area contributed by atoms with Crippen LogP contribution in [0, 0.1) is 0 Å². The molecule has 0 saturated carbocycles. The standard InChI is InChI=1S/C21H19N5O/c27-21(17-9-3-6-15-7-4-11-22-19(15)17)25-12-5-8-16(14-25)20-24-23-18-10-1-2-13-26(18)20/h1-4,6-7,9-11,13,16H,5,8,12,14H2. The monoisotopic (exact) mass is 357 g/mol. The van der Waals surface area contributed by atoms with E-state index in [-0.39, 0.29) is 11.8 Å². The topological polar surface area (TPSA) is 63.4 Å². The molecule has 0 radical (unpaired) electrons. The summed E-state index contributed by atoms with van der Waals surface area (Å²) in [6, 6.07) is 15.5. The summed E-state index contributed by atoms with van der Waals surface area (Å²) in [5, 5.41) is 9.65. The molecule has 1 atom stereocenters. The fourth-order valence-corrected chi connectivity index (χ4v) is 3.96. The van der Waals surface area contributed by atoms with E-state index in [1.54, 1.807) is 6.20 Å². The summed E-state index contributed by atoms with van der Waals surface area (Å²) < 4.78 is 2.03. The molecule has 1 aromatic carbocycles. The van der Waals surface area contributed by atoms with Crippen molar-refractivity contribution >= 4 is 22.5 Å². The minimum absolute atomic E-state index is 0.0396. The van der Waals surface area contributed by atoms with Crippen LogP contribution in [0.5, 0.6) is 0 Å². The van der Waals surface area contributed by atoms with Gasteiger partial charge >= 0.3 is 0 Å². The van der Waals surface area contributed by atoms with Crippen molar-refractivity contribution in [3.8, 4) is 0 Å². The molecule has 6 nitrogen and oxygen atoms in total. The molecule has 6 heteroatoms. The maximum Gasteiger partial charge on any atom is 0.256 e. The molecule has 1 unspecified atom stereocenters. The number of para-hydroxylation sites is 1. The number of carbonyl (C=O) groups excluding carboxylic acids is 1. The summed E-state index contributed by atoms with van der Waals surface area (Å²) in [5.74, 6) is 1.15. The van der Waals surface area contributed by atoms with Crippen molar-refractivity contribution in [2.75, 3.05) is 13.1 Å². The number of hydrogen-bond acceptors (Lipinski definition) is 4. The number of pyridine rings is 2. The van der Waals surface area contributed by atoms with E-state index < -0.39 is 0 Å². The first-order chi connectivity index (χ1) is 13.3. The van der Waals surface area contributed by atoms with E-state index in [4.69, 9.17) is 0 Å². The third-order valence-corrected chi connectivity index (χ3v) is 5.28. The molecule has 1 aliphatic rings. The number of fused-ring (bicyclic) bond motifs is 2. The van der Waals surface area contributed by atoms with Gasteiger partial charge in [0.15, 0.2) is 5.65 Å². The zero-order chi connectivity index (χ0) is 18.2. The summed E-state index contributed by atoms with van der Waals surface area (Å²) in [4.78, 5) is 19.6. The van der Waals surface area contributed by atoms with E-state index in [2.05, 4.69) is 15.2 Å². The van der Waals surface area contributed by atoms with Crippen molar-refractivity contribution in [1.29, 1.82) is 0 Å². The predicted octanol–water partition coefficient (Wildman–Crippen LogP) is 3.30. The van der Waals surface area contributed by atoms with E-state index in [1.165, 1.54) is 0 Å². The Hall–Kier alpha value is -3.28. The lowest BCUT2D eigenvalue weighted by atomic mass is 9.96. The SMILES string of the molecule is O=C(c1cccc2cccnc12)N1CCCC(c2nnc3ccccn23)C1. The molecule has 1 aliphatic heterocycles. The Morgan fingerprint density at radius 2 is 1.96 bits per heavy atom. The van der Waals surface area contributed by atoms with Gasteiger partial charge in [-0.25, -0.2) is 0 Å². The van der Waals surface area contributed by atoms with E-state index in [1.807, 2.05) is 64.0 Å². The van der Waals surface area contributed by atoms with Gasteiger partial charge in [-0.05, 0) is 37.1 Å². The molecule has 0 bridgehead atoms. The summed E-state index contributed by atoms with van der Waals surface area (Å²) >= 11 is 0. The minimum atomic E-state index is 0.0396. The van der Waals surface area contributed by atoms with Gasteiger partial charge in [0.1, 0.15) is 5.82 Å². The number of carbonyl (C=O) groups is 1. The molecule has 0 aliphatic carbocycles. The molecule has 4 aromatic rings. The lowest BCUT2D eigenvalue weighted by molar-refractivity contribution is 0.0706. The highest BCUT2D eigenvalue weighted by Gasteiger charge is 2.29. The van der Waals surface area contributed by atoms with Gasteiger partial charge in [0, 0.05) is 36.8 Å². The lowest BCUT2D eigenvalue weighted by Crippen LogP contribution is -2.39. The molecule has 1 amide bonds. The Morgan fingerprint density at radius 3 is 2.93 bits per heavy atom. The number of amides is 1. The van der Waals surface area contributed by atoms with Crippen LogP contribution < -0.4 is 0 Å². The molecule has 1 saturated heterocycles. The Balaban J connectivity index is 1.46. The average Bonchev–Trinajstić information content (AvgIpc) is 3.17. The maximum atomic E-state index is 13.2. The highest BCUT2D eigenvalue weighted by molar-refractivity contribution is 6.05. The van der Waals surface area contributed by atoms with Crippen molar-refractivity contribution < 1.29 is 4.79 Å². The number of benzene rings is 1. The summed E-state index contributed by atoms with van der Waals surface area (Å²) in [6.45, 7) is 1.41. The molecule has 1 fully saturated rings. The summed E-state index contributed by atoms with van der Waals surface area (Å²) in [6.07, 6.45) is 5.68. The van der Waals surface area contributed by atoms with Crippen molar-refractivity contribution in [2.45, 2.75) is 18.8 Å². The van der Waals surface area contributed by atoms with Crippen molar-refractivity contribution in [3.05, 3.63) is 72.3 Å². The first kappa shape index (κ1) is 15.9. The number of hydrogen-bond donors (Lipinski definition) is 0. The van der Waals surface area contributed by atoms with Gasteiger partial charge in [0.05, 0.1) is 11.1 Å². The second kappa shape index (κ2) is 6.46. The largest absolute Gasteiger partial charge is 0.338 e. The zero-order valence-corrected chi connectivity index (χ0v) is 14.8. The molecule has 5 rings (SSSR count). The molecule has 0 N–H and O–H groups in total. The van der Waals surface area contributed by atoms with Gasteiger partial charge in [-0.15, -0.1) is 10.2 Å². The second-order valence-corrected chi connectivity index (χ2v) is 6.96. The van der Waals surface area contributed by atoms with E-state index in [9.17, 15) is 4.79 Å². The second-order valence-electron chi connectivity index (χ2n) is 6.96. The molecule has 0 spiro atoms. The lowest BCUT2D eigenvalue weighted by Gasteiger charge is -2.32. The highest BCUT2D eigenvalue weighted by Crippen LogP contribution is 2.28. The van der Waals surface area contributed by atoms with Crippen LogP contribution in [0.15, 0.2) is 60.9 Å². The number of aromatic nitrogens is 4. The van der Waals surface area contributed by atoms with E-state index in [0.717, 1.165) is 41.8 Å². The van der Waals surface area contributed by atoms with Crippen LogP contribution in [-0.2, 0) is 0 Å². The van der Waals surface area contributed by atoms with Crippen molar-refractivity contribution in [3.63, 3.8) is 0 Å². The smallest absolute Gasteiger partial charge is 0.256 e. The average molecular weight is 357 g/mol. The van der Waals surface area contributed by atoms with Gasteiger partial charge in [-0.3, -0.25) is 14.2 Å². The zero-order valence-electron chi connectivity index (χ0n) is 14.8. The Kier molecular flexibility index (Phi) is 3.81. The third-order valence-electron chi connectivity index (χ3n) is 5.28. The van der Waals surface area contributed by atoms with Crippen LogP contribution in [0.4, 0.5) is 0 Å². The van der Waals surface area contributed by atoms with Crippen molar-refractivity contribution in [2.24, 2.45) is 0 Å². The maximum absolute atomic E-state index is 13.2. The highest BCUT2D eigenvalue weighted by atomic mass is 16.2. The normalized spacial score (nSPS) is 17.5. The van der Waals surface area contributed by atoms with Gasteiger partial charge in [0.25, 0.3) is 5.91 Å². The molecule has 134 valence electrons. The van der Waals surface area contributed by atoms with Gasteiger partial charge in [-0.1, -0.05) is 24.3 Å². The molecular formula is C21H19N5O. The quantitative estimate of drug-likeness (QED) is 0.552. The van der Waals surface area contributed by atoms with Gasteiger partial charge in [0.2, 0.25) is 0 Å². The number of likely N-dealkylation sites (tertiary alicyclic amines) is 1. The van der Waals surface area contributed by atoms with Gasteiger partial charge in [-0.2, -0.15) is 0 Å². The molecular weight excluding hydrogens is 338 g/mol. The molecule has 4 heterocycles. The Morgan fingerprint density at radius 1 is 1.04 bits per heavy atom. The van der Waals surface area contributed by atoms with E-state index in [0.29, 0.717) is 12.1 Å². The van der Waals surface area contributed by atoms with Crippen LogP contribution in [-0.4, -0.2) is 43.5 Å². The Bertz CT molecular complexity index is 1130. The number of rotatable bonds is 2. The van der Waals surface area contributed by atoms with Crippen LogP contribution in [0.25, 0.3) is 16.6 Å². The first-order valence-corrected chi connectivity index (χ1v) is 9.24. The number of piperidine rings is 1. The van der Waals surface area contributed by atoms with Crippen LogP contribution in [0.3, 0.4) is 0 Å². The molecule has 3 aromatic heterocycles. The van der Waals surface area contributed by atoms with E-state index >= 15 is 0 Å². The third kappa shape index (κ3) is 2.73. The fourth-order valence-electron chi connectivity index (χ4n) is 3.96. The summed E-state index contributed by atoms with van der Waals surface area (Å²) in [5.41, 5.74) is 2.27. The first-order valence-electron chi connectivity index (χ1n) is 9.24. The number of nitrogens with zero attached hydrogens (tertiary/aromatic N) is 5. The Labute approximate surface area is 156 Å². The molecule has 27 heavy (non-hydrogen) atoms. The predicted molar refractivity (Wildman–Crippen MR) is 103 cm³/mol. The minimum Gasteiger partial charge on any atom is -0.338 e. The summed E-state index contributed by atoms with van der Waals surface area (Å²) in [7, 11) is 0. The van der Waals surface area contributed by atoms with Crippen LogP contribution >= 0.6 is 0 Å². The van der Waals surface area contributed by atoms with Gasteiger partial charge < -0.3 is 4.90 Å². The van der Waals surface area contributed by atoms with Crippen LogP contribution in [0.2, 0.25) is 0 Å². The van der Waals surface area contributed by atoms with Crippen molar-refractivity contribution in [1.82, 2.24) is 24.5 Å².